The van der Waals surface area contributed by atoms with Crippen LogP contribution in [0.15, 0.2) is 42.2 Å². The average Bonchev–Trinajstić information content (AvgIpc) is 3.19. The van der Waals surface area contributed by atoms with Crippen LogP contribution in [0.5, 0.6) is 11.5 Å². The van der Waals surface area contributed by atoms with Gasteiger partial charge in [0, 0.05) is 5.92 Å². The number of hydrogen-bond acceptors (Lipinski definition) is 12. The van der Waals surface area contributed by atoms with E-state index in [0.29, 0.717) is 5.57 Å². The van der Waals surface area contributed by atoms with Crippen molar-refractivity contribution in [1.29, 1.82) is 0 Å². The van der Waals surface area contributed by atoms with E-state index in [0.717, 1.165) is 0 Å². The van der Waals surface area contributed by atoms with Gasteiger partial charge in [0.05, 0.1) is 37.6 Å². The number of phenolic OH excluding ortho intramolecular Hbond substituents is 1. The van der Waals surface area contributed by atoms with Gasteiger partial charge in [0.1, 0.15) is 31.0 Å². The lowest BCUT2D eigenvalue weighted by molar-refractivity contribution is -0.339. The average molecular weight is 496 g/mol. The number of ether oxygens (including phenoxy) is 5. The van der Waals surface area contributed by atoms with Gasteiger partial charge in [-0.1, -0.05) is 6.08 Å². The van der Waals surface area contributed by atoms with E-state index >= 15 is 0 Å². The normalized spacial score (nSPS) is 36.2. The first-order valence-corrected chi connectivity index (χ1v) is 11.0. The van der Waals surface area contributed by atoms with Crippen LogP contribution in [0.2, 0.25) is 0 Å². The Morgan fingerprint density at radius 3 is 2.57 bits per heavy atom. The van der Waals surface area contributed by atoms with Gasteiger partial charge in [-0.2, -0.15) is 0 Å². The van der Waals surface area contributed by atoms with Crippen molar-refractivity contribution < 1.29 is 59.1 Å². The molecular weight excluding hydrogens is 468 g/mol. The monoisotopic (exact) mass is 496 g/mol. The number of aliphatic hydroxyl groups excluding tert-OH is 5. The number of methoxy groups -OCH3 is 1. The van der Waals surface area contributed by atoms with Crippen molar-refractivity contribution in [2.24, 2.45) is 11.8 Å². The number of esters is 1. The SMILES string of the molecule is COc1cc(C(=O)OCC2=C[C@H](O)[C@H]3C=CO[C@@H](O[C@@H]4O[C@H](CO)[C@@H](O)[C@H](O)[C@H]4O)[C@H]23)ccc1O. The number of aliphatic hydroxyl groups is 5. The lowest BCUT2D eigenvalue weighted by Crippen LogP contribution is -2.60. The fourth-order valence-corrected chi connectivity index (χ4v) is 4.40. The molecule has 12 nitrogen and oxygen atoms in total. The summed E-state index contributed by atoms with van der Waals surface area (Å²) >= 11 is 0. The molecule has 1 saturated heterocycles. The third kappa shape index (κ3) is 5.00. The van der Waals surface area contributed by atoms with Gasteiger partial charge in [-0.3, -0.25) is 0 Å². The minimum Gasteiger partial charge on any atom is -0.504 e. The van der Waals surface area contributed by atoms with Crippen molar-refractivity contribution in [2.45, 2.75) is 43.1 Å². The maximum atomic E-state index is 12.5. The van der Waals surface area contributed by atoms with Gasteiger partial charge < -0.3 is 54.3 Å². The number of hydrogen-bond donors (Lipinski definition) is 6. The van der Waals surface area contributed by atoms with E-state index in [4.69, 9.17) is 23.7 Å². The molecule has 0 aromatic heterocycles. The highest BCUT2D eigenvalue weighted by Gasteiger charge is 2.49. The zero-order valence-corrected chi connectivity index (χ0v) is 18.7. The summed E-state index contributed by atoms with van der Waals surface area (Å²) in [5.74, 6) is -1.84. The van der Waals surface area contributed by atoms with Crippen LogP contribution in [0.4, 0.5) is 0 Å². The molecule has 35 heavy (non-hydrogen) atoms. The maximum absolute atomic E-state index is 12.5. The Balaban J connectivity index is 1.46. The van der Waals surface area contributed by atoms with Crippen LogP contribution in [0.3, 0.4) is 0 Å². The fraction of sp³-hybridized carbons (Fsp3) is 0.522. The summed E-state index contributed by atoms with van der Waals surface area (Å²) < 4.78 is 27.1. The van der Waals surface area contributed by atoms with Crippen LogP contribution in [0.25, 0.3) is 0 Å². The Bertz CT molecular complexity index is 975. The lowest BCUT2D eigenvalue weighted by atomic mass is 9.88. The van der Waals surface area contributed by atoms with E-state index in [1.165, 1.54) is 37.6 Å². The van der Waals surface area contributed by atoms with Crippen molar-refractivity contribution in [3.05, 3.63) is 47.7 Å². The molecule has 6 N–H and O–H groups in total. The Hall–Kier alpha value is -2.71. The number of benzene rings is 1. The van der Waals surface area contributed by atoms with Crippen molar-refractivity contribution in [1.82, 2.24) is 0 Å². The smallest absolute Gasteiger partial charge is 0.338 e. The summed E-state index contributed by atoms with van der Waals surface area (Å²) in [6.45, 7) is -0.837. The molecule has 0 saturated carbocycles. The molecule has 0 amide bonds. The Morgan fingerprint density at radius 1 is 1.09 bits per heavy atom. The molecular formula is C23H28O12. The van der Waals surface area contributed by atoms with Gasteiger partial charge in [0.25, 0.3) is 0 Å². The zero-order valence-electron chi connectivity index (χ0n) is 18.7. The van der Waals surface area contributed by atoms with Crippen LogP contribution in [0.1, 0.15) is 10.4 Å². The molecule has 12 heteroatoms. The summed E-state index contributed by atoms with van der Waals surface area (Å²) in [5, 5.41) is 59.9. The van der Waals surface area contributed by atoms with Gasteiger partial charge in [-0.05, 0) is 29.8 Å². The molecule has 1 aliphatic carbocycles. The molecule has 1 fully saturated rings. The van der Waals surface area contributed by atoms with Gasteiger partial charge in [-0.25, -0.2) is 4.79 Å². The van der Waals surface area contributed by atoms with E-state index in [1.54, 1.807) is 6.08 Å². The summed E-state index contributed by atoms with van der Waals surface area (Å²) in [7, 11) is 1.35. The molecule has 0 radical (unpaired) electrons. The van der Waals surface area contributed by atoms with Crippen molar-refractivity contribution in [3.8, 4) is 11.5 Å². The molecule has 1 aromatic rings. The number of carbonyl (C=O) groups is 1. The van der Waals surface area contributed by atoms with Crippen LogP contribution in [0, 0.1) is 11.8 Å². The van der Waals surface area contributed by atoms with Gasteiger partial charge in [0.15, 0.2) is 17.8 Å². The molecule has 2 aliphatic heterocycles. The number of rotatable bonds is 7. The van der Waals surface area contributed by atoms with Gasteiger partial charge in [0.2, 0.25) is 6.29 Å². The summed E-state index contributed by atoms with van der Waals surface area (Å²) in [6, 6.07) is 4.00. The third-order valence-electron chi connectivity index (χ3n) is 6.33. The van der Waals surface area contributed by atoms with Crippen LogP contribution < -0.4 is 4.74 Å². The predicted molar refractivity (Wildman–Crippen MR) is 115 cm³/mol. The first-order chi connectivity index (χ1) is 16.7. The Labute approximate surface area is 200 Å². The highest BCUT2D eigenvalue weighted by molar-refractivity contribution is 5.90. The molecule has 2 heterocycles. The van der Waals surface area contributed by atoms with Crippen LogP contribution in [-0.4, -0.2) is 100 Å². The quantitative estimate of drug-likeness (QED) is 0.196. The van der Waals surface area contributed by atoms with E-state index in [9.17, 15) is 35.4 Å². The van der Waals surface area contributed by atoms with Crippen LogP contribution >= 0.6 is 0 Å². The zero-order chi connectivity index (χ0) is 25.3. The lowest BCUT2D eigenvalue weighted by Gasteiger charge is -2.42. The Morgan fingerprint density at radius 2 is 1.86 bits per heavy atom. The third-order valence-corrected chi connectivity index (χ3v) is 6.33. The molecule has 4 rings (SSSR count). The second-order valence-electron chi connectivity index (χ2n) is 8.46. The summed E-state index contributed by atoms with van der Waals surface area (Å²) in [5.41, 5.74) is 0.629. The fourth-order valence-electron chi connectivity index (χ4n) is 4.40. The molecule has 1 aromatic carbocycles. The second-order valence-corrected chi connectivity index (χ2v) is 8.46. The molecule has 0 bridgehead atoms. The highest BCUT2D eigenvalue weighted by Crippen LogP contribution is 2.41. The molecule has 0 spiro atoms. The molecule has 3 aliphatic rings. The maximum Gasteiger partial charge on any atom is 0.338 e. The van der Waals surface area contributed by atoms with Crippen molar-refractivity contribution >= 4 is 5.97 Å². The number of carbonyl (C=O) groups excluding carboxylic acids is 1. The molecule has 9 atom stereocenters. The van der Waals surface area contributed by atoms with Crippen LogP contribution in [-0.2, 0) is 18.9 Å². The van der Waals surface area contributed by atoms with Crippen molar-refractivity contribution in [3.63, 3.8) is 0 Å². The molecule has 0 unspecified atom stereocenters. The summed E-state index contributed by atoms with van der Waals surface area (Å²) in [6.07, 6.45) is -5.00. The molecule has 192 valence electrons. The van der Waals surface area contributed by atoms with Crippen molar-refractivity contribution in [2.75, 3.05) is 20.3 Å². The summed E-state index contributed by atoms with van der Waals surface area (Å²) in [4.78, 5) is 12.5. The van der Waals surface area contributed by atoms with E-state index in [1.807, 2.05) is 0 Å². The topological polar surface area (TPSA) is 185 Å². The largest absolute Gasteiger partial charge is 0.504 e. The van der Waals surface area contributed by atoms with Gasteiger partial charge in [-0.15, -0.1) is 0 Å². The highest BCUT2D eigenvalue weighted by atomic mass is 16.8. The predicted octanol–water partition coefficient (Wildman–Crippen LogP) is -1.22. The van der Waals surface area contributed by atoms with E-state index in [-0.39, 0.29) is 23.7 Å². The number of phenols is 1. The number of aromatic hydroxyl groups is 1. The van der Waals surface area contributed by atoms with E-state index in [2.05, 4.69) is 0 Å². The second kappa shape index (κ2) is 10.5. The Kier molecular flexibility index (Phi) is 7.62. The first-order valence-electron chi connectivity index (χ1n) is 11.0. The minimum atomic E-state index is -1.64. The van der Waals surface area contributed by atoms with E-state index < -0.39 is 67.5 Å². The first kappa shape index (κ1) is 25.4. The minimum absolute atomic E-state index is 0.105. The number of fused-ring (bicyclic) bond motifs is 1. The standard InChI is InChI=1S/C23H28O12/c1-31-15-7-10(2-3-13(15)25)21(30)33-9-11-6-14(26)12-4-5-32-22(17(11)12)35-23-20(29)19(28)18(27)16(8-24)34-23/h2-7,12,14,16-20,22-29H,8-9H2,1H3/t12-,14+,16-,17-,18-,19+,20-,22+,23+/m1/s1. The van der Waals surface area contributed by atoms with Gasteiger partial charge >= 0.3 is 5.97 Å².